The Balaban J connectivity index is 2.46. The van der Waals surface area contributed by atoms with Gasteiger partial charge in [-0.2, -0.15) is 10.3 Å². The van der Waals surface area contributed by atoms with Gasteiger partial charge in [0.15, 0.2) is 17.2 Å². The number of halogens is 1. The van der Waals surface area contributed by atoms with E-state index >= 15 is 0 Å². The van der Waals surface area contributed by atoms with Gasteiger partial charge in [-0.15, -0.1) is 5.10 Å². The van der Waals surface area contributed by atoms with Gasteiger partial charge in [0, 0.05) is 10.0 Å². The third-order valence-electron chi connectivity index (χ3n) is 2.88. The zero-order valence-electron chi connectivity index (χ0n) is 12.8. The number of hydrogen-bond donors (Lipinski definition) is 1. The molecule has 8 heteroatoms. The lowest BCUT2D eigenvalue weighted by Crippen LogP contribution is -2.07. The predicted molar refractivity (Wildman–Crippen MR) is 87.7 cm³/mol. The Hall–Kier alpha value is -2.35. The van der Waals surface area contributed by atoms with Crippen LogP contribution in [0.15, 0.2) is 29.3 Å². The van der Waals surface area contributed by atoms with E-state index < -0.39 is 5.97 Å². The van der Waals surface area contributed by atoms with Crippen LogP contribution in [0.3, 0.4) is 0 Å². The summed E-state index contributed by atoms with van der Waals surface area (Å²) in [6.45, 7) is 5.93. The molecule has 0 spiro atoms. The first-order chi connectivity index (χ1) is 11.1. The van der Waals surface area contributed by atoms with Crippen LogP contribution in [-0.4, -0.2) is 41.7 Å². The van der Waals surface area contributed by atoms with Crippen LogP contribution in [0.25, 0.3) is 11.3 Å². The van der Waals surface area contributed by atoms with Crippen molar-refractivity contribution in [2.24, 2.45) is 0 Å². The molecule has 1 aromatic carbocycles. The van der Waals surface area contributed by atoms with Gasteiger partial charge in [-0.05, 0) is 35.0 Å². The number of esters is 1. The van der Waals surface area contributed by atoms with Gasteiger partial charge in [0.1, 0.15) is 12.3 Å². The molecule has 0 saturated heterocycles. The first kappa shape index (κ1) is 17.0. The number of nitrogens with zero attached hydrogens (tertiary/aromatic N) is 2. The molecule has 0 aliphatic carbocycles. The summed E-state index contributed by atoms with van der Waals surface area (Å²) in [5.41, 5.74) is 1.10. The van der Waals surface area contributed by atoms with Gasteiger partial charge in [0.2, 0.25) is 0 Å². The molecule has 122 valence electrons. The van der Waals surface area contributed by atoms with Crippen molar-refractivity contribution in [3.63, 3.8) is 0 Å². The number of aromatic amines is 1. The van der Waals surface area contributed by atoms with Crippen LogP contribution in [0.2, 0.25) is 0 Å². The maximum atomic E-state index is 11.9. The van der Waals surface area contributed by atoms with Crippen molar-refractivity contribution in [2.75, 3.05) is 20.3 Å². The highest BCUT2D eigenvalue weighted by atomic mass is 79.9. The molecule has 0 amide bonds. The van der Waals surface area contributed by atoms with Gasteiger partial charge in [0.05, 0.1) is 13.7 Å². The molecule has 23 heavy (non-hydrogen) atoms. The lowest BCUT2D eigenvalue weighted by atomic mass is 10.1. The van der Waals surface area contributed by atoms with Crippen molar-refractivity contribution in [1.29, 1.82) is 0 Å². The van der Waals surface area contributed by atoms with Crippen LogP contribution in [-0.2, 0) is 4.74 Å². The SMILES string of the molecule is C=CCOc1cc(Br)c(-c2n[nH]nc2C(=O)OCC)cc1OC. The third-order valence-corrected chi connectivity index (χ3v) is 3.54. The summed E-state index contributed by atoms with van der Waals surface area (Å²) in [6, 6.07) is 3.45. The van der Waals surface area contributed by atoms with Crippen molar-refractivity contribution < 1.29 is 19.0 Å². The first-order valence-electron chi connectivity index (χ1n) is 6.81. The van der Waals surface area contributed by atoms with Crippen LogP contribution in [0.4, 0.5) is 0 Å². The fraction of sp³-hybridized carbons (Fsp3) is 0.267. The number of benzene rings is 1. The van der Waals surface area contributed by atoms with E-state index in [0.717, 1.165) is 0 Å². The summed E-state index contributed by atoms with van der Waals surface area (Å²) in [5, 5.41) is 10.3. The highest BCUT2D eigenvalue weighted by Crippen LogP contribution is 2.38. The van der Waals surface area contributed by atoms with Gasteiger partial charge in [-0.3, -0.25) is 0 Å². The zero-order valence-corrected chi connectivity index (χ0v) is 14.3. The van der Waals surface area contributed by atoms with Gasteiger partial charge >= 0.3 is 5.97 Å². The molecule has 0 atom stereocenters. The number of hydrogen-bond acceptors (Lipinski definition) is 6. The first-order valence-corrected chi connectivity index (χ1v) is 7.61. The Labute approximate surface area is 141 Å². The van der Waals surface area contributed by atoms with Crippen molar-refractivity contribution in [3.05, 3.63) is 35.0 Å². The average molecular weight is 382 g/mol. The fourth-order valence-corrected chi connectivity index (χ4v) is 2.41. The summed E-state index contributed by atoms with van der Waals surface area (Å²) < 4.78 is 16.5. The van der Waals surface area contributed by atoms with E-state index in [2.05, 4.69) is 37.9 Å². The number of aromatic nitrogens is 3. The summed E-state index contributed by atoms with van der Waals surface area (Å²) in [4.78, 5) is 11.9. The lowest BCUT2D eigenvalue weighted by molar-refractivity contribution is 0.0520. The van der Waals surface area contributed by atoms with E-state index in [1.807, 2.05) is 0 Å². The number of rotatable bonds is 7. The molecule has 2 rings (SSSR count). The Kier molecular flexibility index (Phi) is 5.75. The minimum absolute atomic E-state index is 0.106. The normalized spacial score (nSPS) is 10.2. The van der Waals surface area contributed by atoms with Crippen LogP contribution in [0.1, 0.15) is 17.4 Å². The number of H-pyrrole nitrogens is 1. The highest BCUT2D eigenvalue weighted by Gasteiger charge is 2.22. The number of ether oxygens (including phenoxy) is 3. The molecule has 1 aromatic heterocycles. The fourth-order valence-electron chi connectivity index (χ4n) is 1.90. The molecule has 2 aromatic rings. The minimum Gasteiger partial charge on any atom is -0.493 e. The van der Waals surface area contributed by atoms with Gasteiger partial charge in [-0.1, -0.05) is 12.7 Å². The second-order valence-corrected chi connectivity index (χ2v) is 5.18. The van der Waals surface area contributed by atoms with E-state index in [-0.39, 0.29) is 12.3 Å². The standard InChI is InChI=1S/C15H16BrN3O4/c1-4-6-23-12-8-10(16)9(7-11(12)21-3)13-14(18-19-17-13)15(20)22-5-2/h4,7-8H,1,5-6H2,2-3H3,(H,17,18,19). The zero-order chi connectivity index (χ0) is 16.8. The van der Waals surface area contributed by atoms with E-state index in [1.54, 1.807) is 25.1 Å². The highest BCUT2D eigenvalue weighted by molar-refractivity contribution is 9.10. The van der Waals surface area contributed by atoms with Crippen LogP contribution in [0.5, 0.6) is 11.5 Å². The Morgan fingerprint density at radius 1 is 1.39 bits per heavy atom. The molecule has 0 aliphatic heterocycles. The Bertz CT molecular complexity index is 715. The largest absolute Gasteiger partial charge is 0.493 e. The predicted octanol–water partition coefficient (Wildman–Crippen LogP) is 2.98. The third kappa shape index (κ3) is 3.70. The summed E-state index contributed by atoms with van der Waals surface area (Å²) >= 11 is 3.45. The van der Waals surface area contributed by atoms with Crippen molar-refractivity contribution in [2.45, 2.75) is 6.92 Å². The molecule has 0 saturated carbocycles. The molecule has 1 heterocycles. The maximum Gasteiger partial charge on any atom is 0.361 e. The number of methoxy groups -OCH3 is 1. The molecular formula is C15H16BrN3O4. The van der Waals surface area contributed by atoms with E-state index in [0.29, 0.717) is 33.8 Å². The molecule has 0 unspecified atom stereocenters. The Morgan fingerprint density at radius 3 is 2.83 bits per heavy atom. The second kappa shape index (κ2) is 7.77. The van der Waals surface area contributed by atoms with Gasteiger partial charge in [-0.25, -0.2) is 4.79 Å². The monoisotopic (exact) mass is 381 g/mol. The van der Waals surface area contributed by atoms with Crippen molar-refractivity contribution >= 4 is 21.9 Å². The van der Waals surface area contributed by atoms with Crippen LogP contribution >= 0.6 is 15.9 Å². The molecule has 0 fully saturated rings. The number of carbonyl (C=O) groups is 1. The van der Waals surface area contributed by atoms with Crippen molar-refractivity contribution in [3.8, 4) is 22.8 Å². The minimum atomic E-state index is -0.547. The summed E-state index contributed by atoms with van der Waals surface area (Å²) in [6.07, 6.45) is 1.64. The molecule has 1 N–H and O–H groups in total. The maximum absolute atomic E-state index is 11.9. The smallest absolute Gasteiger partial charge is 0.361 e. The van der Waals surface area contributed by atoms with Crippen molar-refractivity contribution in [1.82, 2.24) is 15.4 Å². The van der Waals surface area contributed by atoms with Crippen LogP contribution < -0.4 is 9.47 Å². The summed E-state index contributed by atoms with van der Waals surface area (Å²) in [7, 11) is 1.53. The average Bonchev–Trinajstić information content (AvgIpc) is 3.02. The topological polar surface area (TPSA) is 86.3 Å². The lowest BCUT2D eigenvalue weighted by Gasteiger charge is -2.12. The van der Waals surface area contributed by atoms with E-state index in [1.165, 1.54) is 7.11 Å². The quantitative estimate of drug-likeness (QED) is 0.585. The Morgan fingerprint density at radius 2 is 2.17 bits per heavy atom. The van der Waals surface area contributed by atoms with Gasteiger partial charge < -0.3 is 14.2 Å². The van der Waals surface area contributed by atoms with E-state index in [9.17, 15) is 4.79 Å². The second-order valence-electron chi connectivity index (χ2n) is 4.32. The summed E-state index contributed by atoms with van der Waals surface area (Å²) in [5.74, 6) is 0.501. The number of carbonyl (C=O) groups excluding carboxylic acids is 1. The molecule has 0 radical (unpaired) electrons. The molecule has 0 bridgehead atoms. The van der Waals surface area contributed by atoms with E-state index in [4.69, 9.17) is 14.2 Å². The van der Waals surface area contributed by atoms with Crippen LogP contribution in [0, 0.1) is 0 Å². The number of nitrogens with one attached hydrogen (secondary N) is 1. The molecule has 0 aliphatic rings. The molecular weight excluding hydrogens is 366 g/mol. The van der Waals surface area contributed by atoms with Gasteiger partial charge in [0.25, 0.3) is 0 Å². The molecule has 7 nitrogen and oxygen atoms in total.